The first-order chi connectivity index (χ1) is 12.2. The number of amides is 1. The Bertz CT molecular complexity index is 799. The van der Waals surface area contributed by atoms with Crippen molar-refractivity contribution in [1.29, 1.82) is 0 Å². The summed E-state index contributed by atoms with van der Waals surface area (Å²) in [5.74, 6) is 0.327. The average Bonchev–Trinajstić information content (AvgIpc) is 3.05. The molecule has 0 aliphatic rings. The number of benzene rings is 2. The summed E-state index contributed by atoms with van der Waals surface area (Å²) in [6.07, 6.45) is 0.983. The van der Waals surface area contributed by atoms with Crippen LogP contribution in [0, 0.1) is 0 Å². The van der Waals surface area contributed by atoms with Gasteiger partial charge in [-0.15, -0.1) is 0 Å². The van der Waals surface area contributed by atoms with Gasteiger partial charge in [0.25, 0.3) is 5.22 Å². The number of carbonyl (C=O) groups is 1. The van der Waals surface area contributed by atoms with Gasteiger partial charge in [-0.05, 0) is 31.0 Å². The zero-order valence-electron chi connectivity index (χ0n) is 14.4. The molecule has 1 N–H and O–H groups in total. The quantitative estimate of drug-likeness (QED) is 0.629. The Balaban J connectivity index is 1.57. The van der Waals surface area contributed by atoms with Crippen molar-refractivity contribution in [3.05, 3.63) is 60.2 Å². The van der Waals surface area contributed by atoms with Gasteiger partial charge in [-0.1, -0.05) is 61.2 Å². The van der Waals surface area contributed by atoms with E-state index in [1.165, 1.54) is 17.3 Å². The summed E-state index contributed by atoms with van der Waals surface area (Å²) in [5.41, 5.74) is 2.81. The normalized spacial score (nSPS) is 13.5. The number of oxazole rings is 1. The number of fused-ring (bicyclic) bond motifs is 1. The van der Waals surface area contributed by atoms with Crippen LogP contribution in [-0.4, -0.2) is 22.7 Å². The summed E-state index contributed by atoms with van der Waals surface area (Å²) in [7, 11) is 0. The van der Waals surface area contributed by atoms with Crippen LogP contribution in [0.5, 0.6) is 0 Å². The van der Waals surface area contributed by atoms with Gasteiger partial charge in [0.1, 0.15) is 5.52 Å². The molecule has 3 rings (SSSR count). The van der Waals surface area contributed by atoms with E-state index in [0.29, 0.717) is 17.7 Å². The Morgan fingerprint density at radius 1 is 1.16 bits per heavy atom. The van der Waals surface area contributed by atoms with E-state index in [0.717, 1.165) is 17.5 Å². The van der Waals surface area contributed by atoms with E-state index in [1.54, 1.807) is 0 Å². The molecule has 1 heterocycles. The van der Waals surface area contributed by atoms with Gasteiger partial charge in [0.05, 0.1) is 5.25 Å². The molecule has 4 nitrogen and oxygen atoms in total. The van der Waals surface area contributed by atoms with Crippen LogP contribution in [0.25, 0.3) is 11.1 Å². The van der Waals surface area contributed by atoms with Gasteiger partial charge in [0.15, 0.2) is 5.58 Å². The first kappa shape index (κ1) is 17.5. The van der Waals surface area contributed by atoms with E-state index in [-0.39, 0.29) is 11.2 Å². The zero-order chi connectivity index (χ0) is 17.6. The van der Waals surface area contributed by atoms with Crippen molar-refractivity contribution in [1.82, 2.24) is 10.3 Å². The number of aromatic nitrogens is 1. The highest BCUT2D eigenvalue weighted by Crippen LogP contribution is 2.27. The summed E-state index contributed by atoms with van der Waals surface area (Å²) in [6, 6.07) is 17.9. The van der Waals surface area contributed by atoms with Crippen molar-refractivity contribution in [3.8, 4) is 0 Å². The molecule has 2 atom stereocenters. The lowest BCUT2D eigenvalue weighted by molar-refractivity contribution is -0.120. The van der Waals surface area contributed by atoms with Crippen LogP contribution in [-0.2, 0) is 4.79 Å². The highest BCUT2D eigenvalue weighted by molar-refractivity contribution is 8.00. The SMILES string of the molecule is CC[C@H](CNC(=O)[C@@H](C)Sc1nc2ccccc2o1)c1ccccc1. The van der Waals surface area contributed by atoms with Gasteiger partial charge in [0, 0.05) is 12.5 Å². The first-order valence-corrected chi connectivity index (χ1v) is 9.40. The fraction of sp³-hybridized carbons (Fsp3) is 0.300. The maximum atomic E-state index is 12.4. The zero-order valence-corrected chi connectivity index (χ0v) is 15.3. The number of nitrogens with zero attached hydrogens (tertiary/aromatic N) is 1. The monoisotopic (exact) mass is 354 g/mol. The average molecular weight is 354 g/mol. The van der Waals surface area contributed by atoms with Crippen LogP contribution in [0.2, 0.25) is 0 Å². The molecular formula is C20H22N2O2S. The minimum atomic E-state index is -0.263. The molecule has 5 heteroatoms. The lowest BCUT2D eigenvalue weighted by Crippen LogP contribution is -2.34. The number of carbonyl (C=O) groups excluding carboxylic acids is 1. The number of thioether (sulfide) groups is 1. The van der Waals surface area contributed by atoms with Crippen LogP contribution in [0.4, 0.5) is 0 Å². The molecule has 1 aromatic heterocycles. The lowest BCUT2D eigenvalue weighted by atomic mass is 9.96. The van der Waals surface area contributed by atoms with Crippen molar-refractivity contribution in [2.24, 2.45) is 0 Å². The molecule has 25 heavy (non-hydrogen) atoms. The standard InChI is InChI=1S/C20H22N2O2S/c1-3-15(16-9-5-4-6-10-16)13-21-19(23)14(2)25-20-22-17-11-7-8-12-18(17)24-20/h4-12,14-15H,3,13H2,1-2H3,(H,21,23)/t14-,15-/m1/s1. The molecular weight excluding hydrogens is 332 g/mol. The maximum Gasteiger partial charge on any atom is 0.257 e. The molecule has 130 valence electrons. The highest BCUT2D eigenvalue weighted by atomic mass is 32.2. The minimum absolute atomic E-state index is 0.00152. The predicted octanol–water partition coefficient (Wildman–Crippen LogP) is 4.62. The van der Waals surface area contributed by atoms with Crippen LogP contribution >= 0.6 is 11.8 Å². The molecule has 0 aliphatic heterocycles. The second-order valence-corrected chi connectivity index (χ2v) is 7.26. The minimum Gasteiger partial charge on any atom is -0.431 e. The number of nitrogens with one attached hydrogen (secondary N) is 1. The molecule has 3 aromatic rings. The Labute approximate surface area is 152 Å². The van der Waals surface area contributed by atoms with Crippen molar-refractivity contribution in [2.75, 3.05) is 6.54 Å². The molecule has 0 fully saturated rings. The third kappa shape index (κ3) is 4.42. The number of hydrogen-bond acceptors (Lipinski definition) is 4. The number of para-hydroxylation sites is 2. The largest absolute Gasteiger partial charge is 0.431 e. The third-order valence-electron chi connectivity index (χ3n) is 4.21. The number of rotatable bonds is 7. The van der Waals surface area contributed by atoms with Gasteiger partial charge in [-0.3, -0.25) is 4.79 Å². The summed E-state index contributed by atoms with van der Waals surface area (Å²) in [5, 5.41) is 3.32. The Morgan fingerprint density at radius 3 is 2.60 bits per heavy atom. The van der Waals surface area contributed by atoms with Gasteiger partial charge in [-0.25, -0.2) is 4.98 Å². The molecule has 0 saturated heterocycles. The fourth-order valence-electron chi connectivity index (χ4n) is 2.70. The third-order valence-corrected chi connectivity index (χ3v) is 5.15. The van der Waals surface area contributed by atoms with E-state index in [2.05, 4.69) is 29.4 Å². The molecule has 0 unspecified atom stereocenters. The molecule has 0 spiro atoms. The number of hydrogen-bond donors (Lipinski definition) is 1. The first-order valence-electron chi connectivity index (χ1n) is 8.52. The molecule has 0 aliphatic carbocycles. The van der Waals surface area contributed by atoms with E-state index in [9.17, 15) is 4.79 Å². The van der Waals surface area contributed by atoms with Gasteiger partial charge < -0.3 is 9.73 Å². The van der Waals surface area contributed by atoms with Crippen molar-refractivity contribution in [2.45, 2.75) is 36.7 Å². The highest BCUT2D eigenvalue weighted by Gasteiger charge is 2.19. The van der Waals surface area contributed by atoms with Crippen LogP contribution < -0.4 is 5.32 Å². The molecule has 1 amide bonds. The van der Waals surface area contributed by atoms with E-state index in [1.807, 2.05) is 49.4 Å². The lowest BCUT2D eigenvalue weighted by Gasteiger charge is -2.17. The summed E-state index contributed by atoms with van der Waals surface area (Å²) in [6.45, 7) is 4.65. The smallest absolute Gasteiger partial charge is 0.257 e. The molecule has 2 aromatic carbocycles. The summed E-state index contributed by atoms with van der Waals surface area (Å²) in [4.78, 5) is 16.8. The second kappa shape index (κ2) is 8.21. The second-order valence-electron chi connectivity index (χ2n) is 5.97. The Kier molecular flexibility index (Phi) is 5.76. The molecule has 0 saturated carbocycles. The topological polar surface area (TPSA) is 55.1 Å². The van der Waals surface area contributed by atoms with E-state index in [4.69, 9.17) is 4.42 Å². The summed E-state index contributed by atoms with van der Waals surface area (Å²) < 4.78 is 5.68. The molecule has 0 radical (unpaired) electrons. The maximum absolute atomic E-state index is 12.4. The predicted molar refractivity (Wildman–Crippen MR) is 102 cm³/mol. The fourth-order valence-corrected chi connectivity index (χ4v) is 3.48. The van der Waals surface area contributed by atoms with E-state index >= 15 is 0 Å². The molecule has 0 bridgehead atoms. The summed E-state index contributed by atoms with van der Waals surface area (Å²) >= 11 is 1.34. The van der Waals surface area contributed by atoms with Crippen LogP contribution in [0.15, 0.2) is 64.2 Å². The van der Waals surface area contributed by atoms with E-state index < -0.39 is 0 Å². The Morgan fingerprint density at radius 2 is 1.88 bits per heavy atom. The van der Waals surface area contributed by atoms with Crippen molar-refractivity contribution < 1.29 is 9.21 Å². The van der Waals surface area contributed by atoms with Crippen molar-refractivity contribution >= 4 is 28.8 Å². The van der Waals surface area contributed by atoms with Gasteiger partial charge >= 0.3 is 0 Å². The van der Waals surface area contributed by atoms with Crippen molar-refractivity contribution in [3.63, 3.8) is 0 Å². The van der Waals surface area contributed by atoms with Crippen LogP contribution in [0.1, 0.15) is 31.7 Å². The Hall–Kier alpha value is -2.27. The van der Waals surface area contributed by atoms with Gasteiger partial charge in [-0.2, -0.15) is 0 Å². The van der Waals surface area contributed by atoms with Crippen LogP contribution in [0.3, 0.4) is 0 Å². The van der Waals surface area contributed by atoms with Gasteiger partial charge in [0.2, 0.25) is 5.91 Å².